The minimum Gasteiger partial charge on any atom is -0.480 e. The van der Waals surface area contributed by atoms with E-state index in [1.54, 1.807) is 0 Å². The normalized spacial score (nSPS) is 9.29. The second kappa shape index (κ2) is 5.00. The fourth-order valence-electron chi connectivity index (χ4n) is 0.767. The number of ether oxygens (including phenoxy) is 2. The van der Waals surface area contributed by atoms with Crippen molar-refractivity contribution in [3.8, 4) is 5.88 Å². The molecule has 1 aromatic rings. The second-order valence-electron chi connectivity index (χ2n) is 2.38. The van der Waals surface area contributed by atoms with Gasteiger partial charge in [-0.3, -0.25) is 9.78 Å². The van der Waals surface area contributed by atoms with Gasteiger partial charge in [-0.05, 0) is 0 Å². The lowest BCUT2D eigenvalue weighted by molar-refractivity contribution is -0.138. The van der Waals surface area contributed by atoms with Gasteiger partial charge in [-0.15, -0.1) is 0 Å². The Morgan fingerprint density at radius 2 is 2.29 bits per heavy atom. The van der Waals surface area contributed by atoms with Gasteiger partial charge in [-0.2, -0.15) is 4.98 Å². The number of carbonyl (C=O) groups excluding carboxylic acids is 1. The number of esters is 1. The summed E-state index contributed by atoms with van der Waals surface area (Å²) >= 11 is 0. The maximum Gasteiger partial charge on any atom is 0.325 e. The molecule has 76 valence electrons. The number of nitrogens with zero attached hydrogens (tertiary/aromatic N) is 2. The molecule has 0 aliphatic rings. The van der Waals surface area contributed by atoms with E-state index in [4.69, 9.17) is 4.74 Å². The van der Waals surface area contributed by atoms with Crippen LogP contribution in [0.15, 0.2) is 12.4 Å². The van der Waals surface area contributed by atoms with Crippen LogP contribution in [0.5, 0.6) is 5.88 Å². The highest BCUT2D eigenvalue weighted by Gasteiger charge is 2.01. The summed E-state index contributed by atoms with van der Waals surface area (Å²) in [5.74, 6) is 0.490. The molecule has 0 bridgehead atoms. The number of carbonyl (C=O) groups is 1. The third-order valence-corrected chi connectivity index (χ3v) is 1.46. The van der Waals surface area contributed by atoms with Crippen molar-refractivity contribution in [3.05, 3.63) is 12.4 Å². The third kappa shape index (κ3) is 2.89. The van der Waals surface area contributed by atoms with Crippen molar-refractivity contribution < 1.29 is 14.3 Å². The summed E-state index contributed by atoms with van der Waals surface area (Å²) in [4.78, 5) is 18.6. The topological polar surface area (TPSA) is 73.3 Å². The van der Waals surface area contributed by atoms with Gasteiger partial charge in [-0.25, -0.2) is 0 Å². The number of hydrogen-bond donors (Lipinski definition) is 1. The van der Waals surface area contributed by atoms with Crippen LogP contribution in [0.25, 0.3) is 0 Å². The minimum absolute atomic E-state index is 0.0539. The van der Waals surface area contributed by atoms with Crippen LogP contribution in [0.3, 0.4) is 0 Å². The first-order valence-corrected chi connectivity index (χ1v) is 3.93. The lowest BCUT2D eigenvalue weighted by atomic mass is 10.6. The van der Waals surface area contributed by atoms with Crippen molar-refractivity contribution in [1.82, 2.24) is 9.97 Å². The van der Waals surface area contributed by atoms with Gasteiger partial charge >= 0.3 is 5.97 Å². The van der Waals surface area contributed by atoms with E-state index in [9.17, 15) is 4.79 Å². The molecule has 1 rings (SSSR count). The molecule has 0 fully saturated rings. The molecule has 0 atom stereocenters. The van der Waals surface area contributed by atoms with Crippen LogP contribution >= 0.6 is 0 Å². The molecule has 0 spiro atoms. The van der Waals surface area contributed by atoms with E-state index >= 15 is 0 Å². The van der Waals surface area contributed by atoms with Gasteiger partial charge in [0.05, 0.1) is 26.6 Å². The molecule has 1 N–H and O–H groups in total. The highest BCUT2D eigenvalue weighted by atomic mass is 16.5. The molecular formula is C8H11N3O3. The van der Waals surface area contributed by atoms with E-state index in [-0.39, 0.29) is 12.5 Å². The van der Waals surface area contributed by atoms with Crippen LogP contribution in [0.4, 0.5) is 5.82 Å². The van der Waals surface area contributed by atoms with Crippen LogP contribution in [0.1, 0.15) is 0 Å². The fraction of sp³-hybridized carbons (Fsp3) is 0.375. The number of hydrogen-bond acceptors (Lipinski definition) is 6. The van der Waals surface area contributed by atoms with Crippen LogP contribution in [-0.2, 0) is 9.53 Å². The molecule has 1 heterocycles. The zero-order chi connectivity index (χ0) is 10.4. The first-order chi connectivity index (χ1) is 6.76. The Morgan fingerprint density at radius 3 is 2.93 bits per heavy atom. The maximum absolute atomic E-state index is 10.8. The zero-order valence-electron chi connectivity index (χ0n) is 7.98. The Morgan fingerprint density at radius 1 is 1.50 bits per heavy atom. The van der Waals surface area contributed by atoms with E-state index in [1.165, 1.54) is 26.6 Å². The summed E-state index contributed by atoms with van der Waals surface area (Å²) in [6, 6.07) is 0. The Kier molecular flexibility index (Phi) is 3.66. The van der Waals surface area contributed by atoms with Gasteiger partial charge < -0.3 is 14.8 Å². The van der Waals surface area contributed by atoms with Gasteiger partial charge in [0.2, 0.25) is 5.88 Å². The molecule has 1 aromatic heterocycles. The summed E-state index contributed by atoms with van der Waals surface area (Å²) in [5.41, 5.74) is 0. The monoisotopic (exact) mass is 197 g/mol. The minimum atomic E-state index is -0.366. The number of methoxy groups -OCH3 is 2. The Balaban J connectivity index is 2.54. The van der Waals surface area contributed by atoms with Crippen LogP contribution in [-0.4, -0.2) is 36.7 Å². The molecule has 0 aromatic carbocycles. The molecule has 0 unspecified atom stereocenters. The molecule has 0 radical (unpaired) electrons. The summed E-state index contributed by atoms with van der Waals surface area (Å²) < 4.78 is 9.31. The molecule has 6 nitrogen and oxygen atoms in total. The number of aromatic nitrogens is 2. The maximum atomic E-state index is 10.8. The predicted octanol–water partition coefficient (Wildman–Crippen LogP) is 0.0701. The SMILES string of the molecule is COC(=O)CNc1cncc(OC)n1. The molecular weight excluding hydrogens is 186 g/mol. The Hall–Kier alpha value is -1.85. The van der Waals surface area contributed by atoms with Crippen LogP contribution in [0, 0.1) is 0 Å². The lowest BCUT2D eigenvalue weighted by Crippen LogP contribution is -2.15. The summed E-state index contributed by atoms with van der Waals surface area (Å²) in [7, 11) is 2.81. The number of nitrogens with one attached hydrogen (secondary N) is 1. The van der Waals surface area contributed by atoms with Crippen LogP contribution in [0.2, 0.25) is 0 Å². The van der Waals surface area contributed by atoms with Crippen molar-refractivity contribution in [3.63, 3.8) is 0 Å². The van der Waals surface area contributed by atoms with Gasteiger partial charge in [0.1, 0.15) is 12.4 Å². The number of rotatable bonds is 4. The lowest BCUT2D eigenvalue weighted by Gasteiger charge is -2.04. The number of anilines is 1. The summed E-state index contributed by atoms with van der Waals surface area (Å²) in [5, 5.41) is 2.74. The Bertz CT molecular complexity index is 316. The average Bonchev–Trinajstić information content (AvgIpc) is 2.26. The fourth-order valence-corrected chi connectivity index (χ4v) is 0.767. The molecule has 0 saturated heterocycles. The van der Waals surface area contributed by atoms with Gasteiger partial charge in [0.15, 0.2) is 0 Å². The third-order valence-electron chi connectivity index (χ3n) is 1.46. The van der Waals surface area contributed by atoms with Gasteiger partial charge in [-0.1, -0.05) is 0 Å². The van der Waals surface area contributed by atoms with E-state index in [0.717, 1.165) is 0 Å². The first-order valence-electron chi connectivity index (χ1n) is 3.93. The van der Waals surface area contributed by atoms with E-state index in [2.05, 4.69) is 20.0 Å². The van der Waals surface area contributed by atoms with Crippen molar-refractivity contribution in [2.24, 2.45) is 0 Å². The summed E-state index contributed by atoms with van der Waals surface area (Å²) in [6.45, 7) is 0.0539. The smallest absolute Gasteiger partial charge is 0.325 e. The highest BCUT2D eigenvalue weighted by Crippen LogP contribution is 2.07. The largest absolute Gasteiger partial charge is 0.480 e. The van der Waals surface area contributed by atoms with Crippen molar-refractivity contribution in [2.45, 2.75) is 0 Å². The van der Waals surface area contributed by atoms with E-state index in [0.29, 0.717) is 11.7 Å². The highest BCUT2D eigenvalue weighted by molar-refractivity contribution is 5.74. The molecule has 0 saturated carbocycles. The van der Waals surface area contributed by atoms with Gasteiger partial charge in [0.25, 0.3) is 0 Å². The van der Waals surface area contributed by atoms with E-state index < -0.39 is 0 Å². The molecule has 0 aliphatic heterocycles. The summed E-state index contributed by atoms with van der Waals surface area (Å²) in [6.07, 6.45) is 2.97. The molecule has 0 amide bonds. The molecule has 14 heavy (non-hydrogen) atoms. The average molecular weight is 197 g/mol. The quantitative estimate of drug-likeness (QED) is 0.688. The van der Waals surface area contributed by atoms with Crippen molar-refractivity contribution in [2.75, 3.05) is 26.1 Å². The van der Waals surface area contributed by atoms with Crippen molar-refractivity contribution >= 4 is 11.8 Å². The second-order valence-corrected chi connectivity index (χ2v) is 2.38. The zero-order valence-corrected chi connectivity index (χ0v) is 7.98. The van der Waals surface area contributed by atoms with Crippen LogP contribution < -0.4 is 10.1 Å². The van der Waals surface area contributed by atoms with Crippen molar-refractivity contribution in [1.29, 1.82) is 0 Å². The Labute approximate surface area is 81.3 Å². The standard InChI is InChI=1S/C8H11N3O3/c1-13-7-4-9-3-6(11-7)10-5-8(12)14-2/h3-4H,5H2,1-2H3,(H,10,11). The van der Waals surface area contributed by atoms with Gasteiger partial charge in [0, 0.05) is 0 Å². The molecule has 0 aliphatic carbocycles. The molecule has 6 heteroatoms. The first kappa shape index (κ1) is 10.2. The van der Waals surface area contributed by atoms with E-state index in [1.807, 2.05) is 0 Å². The predicted molar refractivity (Wildman–Crippen MR) is 49.1 cm³/mol.